The Bertz CT molecular complexity index is 1470. The number of carbonyl (C=O) groups is 1. The van der Waals surface area contributed by atoms with Crippen LogP contribution in [-0.2, 0) is 11.3 Å². The molecule has 0 spiro atoms. The molecule has 1 N–H and O–H groups in total. The molecule has 0 aliphatic rings. The van der Waals surface area contributed by atoms with Gasteiger partial charge in [0.2, 0.25) is 5.75 Å². The van der Waals surface area contributed by atoms with Gasteiger partial charge in [0.25, 0.3) is 5.91 Å². The molecular weight excluding hydrogens is 500 g/mol. The summed E-state index contributed by atoms with van der Waals surface area (Å²) in [6.45, 7) is 1.95. The van der Waals surface area contributed by atoms with E-state index in [1.807, 2.05) is 25.2 Å². The molecule has 4 aromatic rings. The molecule has 204 valence electrons. The lowest BCUT2D eigenvalue weighted by Crippen LogP contribution is -2.35. The number of nitrogens with one attached hydrogen (secondary N) is 1. The number of ether oxygens (including phenoxy) is 4. The Morgan fingerprint density at radius 3 is 2.31 bits per heavy atom. The molecule has 0 bridgehead atoms. The molecule has 0 saturated heterocycles. The van der Waals surface area contributed by atoms with Gasteiger partial charge < -0.3 is 33.6 Å². The highest BCUT2D eigenvalue weighted by molar-refractivity contribution is 5.90. The van der Waals surface area contributed by atoms with Gasteiger partial charge in [-0.3, -0.25) is 9.59 Å². The summed E-state index contributed by atoms with van der Waals surface area (Å²) in [5.41, 5.74) is 1.91. The number of methoxy groups -OCH3 is 3. The third-order valence-corrected chi connectivity index (χ3v) is 6.14. The van der Waals surface area contributed by atoms with Crippen LogP contribution < -0.4 is 29.7 Å². The van der Waals surface area contributed by atoms with Crippen LogP contribution in [0, 0.1) is 0 Å². The predicted molar refractivity (Wildman–Crippen MR) is 149 cm³/mol. The molecule has 0 atom stereocenters. The second kappa shape index (κ2) is 12.8. The minimum absolute atomic E-state index is 0.103. The number of fused-ring (bicyclic) bond motifs is 1. The Kier molecular flexibility index (Phi) is 9.06. The van der Waals surface area contributed by atoms with E-state index in [0.29, 0.717) is 40.7 Å². The number of hydrogen-bond donors (Lipinski definition) is 1. The summed E-state index contributed by atoms with van der Waals surface area (Å²) < 4.78 is 27.8. The normalized spacial score (nSPS) is 10.9. The van der Waals surface area contributed by atoms with Crippen molar-refractivity contribution in [3.05, 3.63) is 82.5 Å². The first kappa shape index (κ1) is 27.5. The minimum atomic E-state index is -0.282. The molecule has 1 aromatic heterocycles. The van der Waals surface area contributed by atoms with Crippen LogP contribution in [0.2, 0.25) is 0 Å². The van der Waals surface area contributed by atoms with Crippen LogP contribution in [0.1, 0.15) is 5.56 Å². The highest BCUT2D eigenvalue weighted by Gasteiger charge is 2.20. The summed E-state index contributed by atoms with van der Waals surface area (Å²) in [7, 11) is 6.43. The number of rotatable bonds is 12. The molecule has 1 amide bonds. The molecule has 0 saturated carbocycles. The number of likely N-dealkylation sites (N-methyl/N-ethyl adjacent to an activating group) is 1. The maximum Gasteiger partial charge on any atom is 0.257 e. The van der Waals surface area contributed by atoms with Crippen LogP contribution in [0.25, 0.3) is 22.3 Å². The van der Waals surface area contributed by atoms with Gasteiger partial charge in [-0.2, -0.15) is 0 Å². The standard InChI is InChI=1S/C30H32N2O7/c1-32(18-20-8-6-5-7-9-20)15-14-31-27(34)19-38-22-12-10-21(11-13-22)24-16-23(33)28-25(39-24)17-26(35-2)29(36-3)30(28)37-4/h5-13,16-17H,14-15,18-19H2,1-4H3,(H,31,34). The third-order valence-electron chi connectivity index (χ3n) is 6.14. The quantitative estimate of drug-likeness (QED) is 0.291. The van der Waals surface area contributed by atoms with Gasteiger partial charge in [0.1, 0.15) is 22.5 Å². The van der Waals surface area contributed by atoms with Crippen molar-refractivity contribution >= 4 is 16.9 Å². The third kappa shape index (κ3) is 6.69. The lowest BCUT2D eigenvalue weighted by Gasteiger charge is -2.17. The Labute approximate surface area is 226 Å². The highest BCUT2D eigenvalue weighted by atomic mass is 16.5. The van der Waals surface area contributed by atoms with E-state index in [4.69, 9.17) is 23.4 Å². The molecule has 0 unspecified atom stereocenters. The van der Waals surface area contributed by atoms with Crippen LogP contribution in [0.15, 0.2) is 75.9 Å². The van der Waals surface area contributed by atoms with Crippen LogP contribution in [0.5, 0.6) is 23.0 Å². The Hall–Kier alpha value is -4.50. The van der Waals surface area contributed by atoms with Gasteiger partial charge in [0.15, 0.2) is 23.5 Å². The zero-order chi connectivity index (χ0) is 27.8. The molecule has 0 radical (unpaired) electrons. The largest absolute Gasteiger partial charge is 0.493 e. The van der Waals surface area contributed by atoms with Crippen LogP contribution >= 0.6 is 0 Å². The van der Waals surface area contributed by atoms with Crippen molar-refractivity contribution in [2.75, 3.05) is 48.1 Å². The SMILES string of the molecule is COc1cc2oc(-c3ccc(OCC(=O)NCCN(C)Cc4ccccc4)cc3)cc(=O)c2c(OC)c1OC. The Morgan fingerprint density at radius 1 is 0.923 bits per heavy atom. The summed E-state index contributed by atoms with van der Waals surface area (Å²) in [6.07, 6.45) is 0. The van der Waals surface area contributed by atoms with E-state index in [1.165, 1.54) is 33.0 Å². The van der Waals surface area contributed by atoms with E-state index in [-0.39, 0.29) is 29.1 Å². The van der Waals surface area contributed by atoms with Gasteiger partial charge in [0, 0.05) is 37.3 Å². The predicted octanol–water partition coefficient (Wildman–Crippen LogP) is 4.11. The zero-order valence-electron chi connectivity index (χ0n) is 22.5. The Morgan fingerprint density at radius 2 is 1.64 bits per heavy atom. The first-order valence-corrected chi connectivity index (χ1v) is 12.4. The molecule has 9 nitrogen and oxygen atoms in total. The van der Waals surface area contributed by atoms with Gasteiger partial charge >= 0.3 is 0 Å². The lowest BCUT2D eigenvalue weighted by atomic mass is 10.1. The number of nitrogens with zero attached hydrogens (tertiary/aromatic N) is 1. The van der Waals surface area contributed by atoms with Gasteiger partial charge in [-0.05, 0) is 36.9 Å². The van der Waals surface area contributed by atoms with Gasteiger partial charge in [-0.25, -0.2) is 0 Å². The summed E-state index contributed by atoms with van der Waals surface area (Å²) in [6, 6.07) is 20.1. The number of carbonyl (C=O) groups excluding carboxylic acids is 1. The molecule has 4 rings (SSSR count). The van der Waals surface area contributed by atoms with E-state index in [0.717, 1.165) is 13.1 Å². The van der Waals surface area contributed by atoms with Crippen LogP contribution in [-0.4, -0.2) is 58.9 Å². The average Bonchev–Trinajstić information content (AvgIpc) is 2.95. The second-order valence-corrected chi connectivity index (χ2v) is 8.88. The molecule has 39 heavy (non-hydrogen) atoms. The van der Waals surface area contributed by atoms with Gasteiger partial charge in [0.05, 0.1) is 21.3 Å². The molecular formula is C30H32N2O7. The maximum absolute atomic E-state index is 13.0. The lowest BCUT2D eigenvalue weighted by molar-refractivity contribution is -0.123. The summed E-state index contributed by atoms with van der Waals surface area (Å²) >= 11 is 0. The molecule has 1 heterocycles. The summed E-state index contributed by atoms with van der Waals surface area (Å²) in [5, 5.41) is 3.13. The monoisotopic (exact) mass is 532 g/mol. The smallest absolute Gasteiger partial charge is 0.257 e. The topological polar surface area (TPSA) is 99.5 Å². The molecule has 0 aliphatic heterocycles. The van der Waals surface area contributed by atoms with Crippen molar-refractivity contribution in [1.82, 2.24) is 10.2 Å². The number of hydrogen-bond acceptors (Lipinski definition) is 8. The highest BCUT2D eigenvalue weighted by Crippen LogP contribution is 2.42. The van der Waals surface area contributed by atoms with Crippen molar-refractivity contribution in [2.45, 2.75) is 6.54 Å². The van der Waals surface area contributed by atoms with E-state index >= 15 is 0 Å². The maximum atomic E-state index is 13.0. The average molecular weight is 533 g/mol. The summed E-state index contributed by atoms with van der Waals surface area (Å²) in [4.78, 5) is 27.3. The van der Waals surface area contributed by atoms with Crippen molar-refractivity contribution in [2.24, 2.45) is 0 Å². The Balaban J connectivity index is 1.35. The van der Waals surface area contributed by atoms with E-state index < -0.39 is 0 Å². The molecule has 3 aromatic carbocycles. The first-order valence-electron chi connectivity index (χ1n) is 12.4. The van der Waals surface area contributed by atoms with E-state index in [9.17, 15) is 9.59 Å². The zero-order valence-corrected chi connectivity index (χ0v) is 22.5. The fourth-order valence-corrected chi connectivity index (χ4v) is 4.20. The molecule has 0 fully saturated rings. The van der Waals surface area contributed by atoms with Crippen molar-refractivity contribution in [3.8, 4) is 34.3 Å². The second-order valence-electron chi connectivity index (χ2n) is 8.88. The van der Waals surface area contributed by atoms with Crippen LogP contribution in [0.3, 0.4) is 0 Å². The summed E-state index contributed by atoms with van der Waals surface area (Å²) in [5.74, 6) is 1.63. The van der Waals surface area contributed by atoms with E-state index in [1.54, 1.807) is 30.3 Å². The number of amides is 1. The van der Waals surface area contributed by atoms with Gasteiger partial charge in [-0.15, -0.1) is 0 Å². The minimum Gasteiger partial charge on any atom is -0.493 e. The number of benzene rings is 3. The first-order chi connectivity index (χ1) is 18.9. The molecule has 0 aliphatic carbocycles. The van der Waals surface area contributed by atoms with Crippen molar-refractivity contribution in [3.63, 3.8) is 0 Å². The van der Waals surface area contributed by atoms with Crippen molar-refractivity contribution < 1.29 is 28.2 Å². The van der Waals surface area contributed by atoms with Gasteiger partial charge in [-0.1, -0.05) is 30.3 Å². The molecule has 9 heteroatoms. The fourth-order valence-electron chi connectivity index (χ4n) is 4.20. The fraction of sp³-hybridized carbons (Fsp3) is 0.267. The van der Waals surface area contributed by atoms with Crippen molar-refractivity contribution in [1.29, 1.82) is 0 Å². The van der Waals surface area contributed by atoms with Crippen LogP contribution in [0.4, 0.5) is 0 Å². The van der Waals surface area contributed by atoms with E-state index in [2.05, 4.69) is 22.3 Å².